The van der Waals surface area contributed by atoms with Crippen molar-refractivity contribution in [2.24, 2.45) is 11.8 Å². The van der Waals surface area contributed by atoms with Crippen LogP contribution in [0.1, 0.15) is 24.8 Å². The van der Waals surface area contributed by atoms with E-state index in [9.17, 15) is 14.7 Å². The number of hydrogen-bond acceptors (Lipinski definition) is 3. The first-order chi connectivity index (χ1) is 11.7. The molecule has 1 aromatic carbocycles. The molecular weight excluding hydrogens is 304 g/mol. The lowest BCUT2D eigenvalue weighted by Gasteiger charge is -2.32. The molecule has 1 aromatic rings. The lowest BCUT2D eigenvalue weighted by molar-refractivity contribution is -0.137. The largest absolute Gasteiger partial charge is 0.396 e. The summed E-state index contributed by atoms with van der Waals surface area (Å²) in [7, 11) is 0. The van der Waals surface area contributed by atoms with Gasteiger partial charge in [-0.2, -0.15) is 0 Å². The van der Waals surface area contributed by atoms with E-state index >= 15 is 0 Å². The number of likely N-dealkylation sites (tertiary alicyclic amines) is 2. The van der Waals surface area contributed by atoms with Gasteiger partial charge < -0.3 is 14.9 Å². The Labute approximate surface area is 143 Å². The average Bonchev–Trinajstić information content (AvgIpc) is 3.01. The molecule has 0 spiro atoms. The van der Waals surface area contributed by atoms with Gasteiger partial charge in [-0.1, -0.05) is 30.3 Å². The highest BCUT2D eigenvalue weighted by atomic mass is 16.3. The zero-order valence-electron chi connectivity index (χ0n) is 14.1. The van der Waals surface area contributed by atoms with Crippen LogP contribution in [0.5, 0.6) is 0 Å². The molecule has 1 unspecified atom stereocenters. The molecule has 24 heavy (non-hydrogen) atoms. The smallest absolute Gasteiger partial charge is 0.227 e. The number of carbonyl (C=O) groups excluding carboxylic acids is 2. The highest BCUT2D eigenvalue weighted by molar-refractivity contribution is 5.89. The third kappa shape index (κ3) is 3.96. The number of piperidine rings is 1. The lowest BCUT2D eigenvalue weighted by Crippen LogP contribution is -2.43. The second kappa shape index (κ2) is 7.79. The van der Waals surface area contributed by atoms with Gasteiger partial charge in [-0.15, -0.1) is 0 Å². The van der Waals surface area contributed by atoms with Crippen molar-refractivity contribution in [3.8, 4) is 0 Å². The number of hydrogen-bond donors (Lipinski definition) is 1. The van der Waals surface area contributed by atoms with E-state index in [1.165, 1.54) is 5.56 Å². The molecule has 0 radical (unpaired) electrons. The number of aliphatic hydroxyl groups is 1. The zero-order valence-corrected chi connectivity index (χ0v) is 14.1. The van der Waals surface area contributed by atoms with Crippen LogP contribution in [0.2, 0.25) is 0 Å². The van der Waals surface area contributed by atoms with E-state index in [4.69, 9.17) is 0 Å². The van der Waals surface area contributed by atoms with Crippen LogP contribution in [0.4, 0.5) is 0 Å². The van der Waals surface area contributed by atoms with Gasteiger partial charge in [0.05, 0.1) is 5.92 Å². The molecule has 2 amide bonds. The van der Waals surface area contributed by atoms with Gasteiger partial charge in [0.25, 0.3) is 0 Å². The summed E-state index contributed by atoms with van der Waals surface area (Å²) >= 11 is 0. The Bertz CT molecular complexity index is 567. The molecule has 3 rings (SSSR count). The maximum absolute atomic E-state index is 12.6. The predicted octanol–water partition coefficient (Wildman–Crippen LogP) is 1.31. The summed E-state index contributed by atoms with van der Waals surface area (Å²) < 4.78 is 0. The van der Waals surface area contributed by atoms with Crippen molar-refractivity contribution in [1.82, 2.24) is 9.80 Å². The first kappa shape index (κ1) is 17.0. The summed E-state index contributed by atoms with van der Waals surface area (Å²) in [6, 6.07) is 10.1. The molecule has 5 nitrogen and oxygen atoms in total. The number of benzene rings is 1. The van der Waals surface area contributed by atoms with Crippen LogP contribution in [0.25, 0.3) is 0 Å². The number of amides is 2. The van der Waals surface area contributed by atoms with E-state index in [0.717, 1.165) is 19.3 Å². The predicted molar refractivity (Wildman–Crippen MR) is 91.2 cm³/mol. The van der Waals surface area contributed by atoms with E-state index in [0.29, 0.717) is 38.5 Å². The molecule has 1 atom stereocenters. The Hall–Kier alpha value is -1.88. The van der Waals surface area contributed by atoms with Gasteiger partial charge in [0, 0.05) is 39.2 Å². The SMILES string of the molecule is O=C1CC(C(=O)N2CCC(CO)CC2)CN1CCc1ccccc1. The molecule has 2 aliphatic rings. The molecular formula is C19H26N2O3. The van der Waals surface area contributed by atoms with E-state index in [-0.39, 0.29) is 24.3 Å². The maximum Gasteiger partial charge on any atom is 0.227 e. The van der Waals surface area contributed by atoms with Crippen LogP contribution in [0, 0.1) is 11.8 Å². The van der Waals surface area contributed by atoms with Crippen LogP contribution in [-0.4, -0.2) is 59.5 Å². The van der Waals surface area contributed by atoms with Gasteiger partial charge in [0.2, 0.25) is 11.8 Å². The first-order valence-corrected chi connectivity index (χ1v) is 8.88. The Morgan fingerprint density at radius 2 is 1.88 bits per heavy atom. The number of nitrogens with zero attached hydrogens (tertiary/aromatic N) is 2. The molecule has 2 aliphatic heterocycles. The molecule has 0 aliphatic carbocycles. The highest BCUT2D eigenvalue weighted by Crippen LogP contribution is 2.24. The Morgan fingerprint density at radius 1 is 1.17 bits per heavy atom. The van der Waals surface area contributed by atoms with Gasteiger partial charge in [0.15, 0.2) is 0 Å². The fourth-order valence-electron chi connectivity index (χ4n) is 3.66. The molecule has 1 N–H and O–H groups in total. The van der Waals surface area contributed by atoms with Gasteiger partial charge >= 0.3 is 0 Å². The molecule has 5 heteroatoms. The van der Waals surface area contributed by atoms with Gasteiger partial charge in [0.1, 0.15) is 0 Å². The van der Waals surface area contributed by atoms with Crippen molar-refractivity contribution in [2.75, 3.05) is 32.8 Å². The summed E-state index contributed by atoms with van der Waals surface area (Å²) in [6.45, 7) is 2.85. The normalized spacial score (nSPS) is 22.2. The summed E-state index contributed by atoms with van der Waals surface area (Å²) in [4.78, 5) is 28.6. The Kier molecular flexibility index (Phi) is 5.51. The quantitative estimate of drug-likeness (QED) is 0.885. The minimum atomic E-state index is -0.195. The van der Waals surface area contributed by atoms with E-state index < -0.39 is 0 Å². The Morgan fingerprint density at radius 3 is 2.54 bits per heavy atom. The van der Waals surface area contributed by atoms with Gasteiger partial charge in [-0.25, -0.2) is 0 Å². The van der Waals surface area contributed by atoms with Crippen molar-refractivity contribution in [2.45, 2.75) is 25.7 Å². The third-order valence-electron chi connectivity index (χ3n) is 5.26. The summed E-state index contributed by atoms with van der Waals surface area (Å²) in [5.74, 6) is 0.331. The van der Waals surface area contributed by atoms with Crippen molar-refractivity contribution in [1.29, 1.82) is 0 Å². The van der Waals surface area contributed by atoms with Crippen LogP contribution in [0.15, 0.2) is 30.3 Å². The zero-order chi connectivity index (χ0) is 16.9. The van der Waals surface area contributed by atoms with Crippen molar-refractivity contribution in [3.63, 3.8) is 0 Å². The standard InChI is InChI=1S/C19H26N2O3/c22-14-16-7-9-20(10-8-16)19(24)17-12-18(23)21(13-17)11-6-15-4-2-1-3-5-15/h1-5,16-17,22H,6-14H2. The first-order valence-electron chi connectivity index (χ1n) is 8.88. The Balaban J connectivity index is 1.50. The number of carbonyl (C=O) groups is 2. The molecule has 130 valence electrons. The van der Waals surface area contributed by atoms with Crippen LogP contribution in [-0.2, 0) is 16.0 Å². The van der Waals surface area contributed by atoms with E-state index in [1.807, 2.05) is 28.0 Å². The lowest BCUT2D eigenvalue weighted by atomic mass is 9.96. The van der Waals surface area contributed by atoms with Crippen molar-refractivity contribution >= 4 is 11.8 Å². The molecule has 2 saturated heterocycles. The average molecular weight is 330 g/mol. The number of aliphatic hydroxyl groups excluding tert-OH is 1. The minimum Gasteiger partial charge on any atom is -0.396 e. The summed E-state index contributed by atoms with van der Waals surface area (Å²) in [5.41, 5.74) is 1.21. The second-order valence-electron chi connectivity index (χ2n) is 6.93. The highest BCUT2D eigenvalue weighted by Gasteiger charge is 2.37. The molecule has 0 saturated carbocycles. The summed E-state index contributed by atoms with van der Waals surface area (Å²) in [5, 5.41) is 9.20. The minimum absolute atomic E-state index is 0.0922. The van der Waals surface area contributed by atoms with E-state index in [2.05, 4.69) is 12.1 Å². The fraction of sp³-hybridized carbons (Fsp3) is 0.579. The molecule has 2 fully saturated rings. The number of rotatable bonds is 5. The van der Waals surface area contributed by atoms with Crippen LogP contribution in [0.3, 0.4) is 0 Å². The summed E-state index contributed by atoms with van der Waals surface area (Å²) in [6.07, 6.45) is 2.89. The maximum atomic E-state index is 12.6. The van der Waals surface area contributed by atoms with Crippen molar-refractivity contribution < 1.29 is 14.7 Å². The topological polar surface area (TPSA) is 60.9 Å². The van der Waals surface area contributed by atoms with Crippen LogP contribution < -0.4 is 0 Å². The van der Waals surface area contributed by atoms with Gasteiger partial charge in [-0.05, 0) is 30.7 Å². The molecule has 0 bridgehead atoms. The fourth-order valence-corrected chi connectivity index (χ4v) is 3.66. The van der Waals surface area contributed by atoms with Gasteiger partial charge in [-0.3, -0.25) is 9.59 Å². The molecule has 0 aromatic heterocycles. The second-order valence-corrected chi connectivity index (χ2v) is 6.93. The van der Waals surface area contributed by atoms with E-state index in [1.54, 1.807) is 0 Å². The third-order valence-corrected chi connectivity index (χ3v) is 5.26. The van der Waals surface area contributed by atoms with Crippen molar-refractivity contribution in [3.05, 3.63) is 35.9 Å². The molecule has 2 heterocycles. The van der Waals surface area contributed by atoms with Crippen LogP contribution >= 0.6 is 0 Å². The monoisotopic (exact) mass is 330 g/mol.